The van der Waals surface area contributed by atoms with Gasteiger partial charge in [0.2, 0.25) is 0 Å². The first kappa shape index (κ1) is 15.0. The van der Waals surface area contributed by atoms with Crippen molar-refractivity contribution in [1.29, 1.82) is 0 Å². The highest BCUT2D eigenvalue weighted by atomic mass is 19.1. The van der Waals surface area contributed by atoms with Crippen LogP contribution in [0.15, 0.2) is 42.5 Å². The minimum atomic E-state index is -0.591. The average molecular weight is 290 g/mol. The molecule has 0 saturated heterocycles. The van der Waals surface area contributed by atoms with E-state index in [-0.39, 0.29) is 18.8 Å². The molecule has 0 amide bonds. The molecule has 0 radical (unpaired) electrons. The summed E-state index contributed by atoms with van der Waals surface area (Å²) in [6, 6.07) is 11.0. The van der Waals surface area contributed by atoms with Crippen LogP contribution in [0.1, 0.15) is 21.5 Å². The first-order valence-corrected chi connectivity index (χ1v) is 6.34. The van der Waals surface area contributed by atoms with Crippen molar-refractivity contribution < 1.29 is 23.8 Å². The van der Waals surface area contributed by atoms with Gasteiger partial charge in [-0.05, 0) is 18.2 Å². The molecule has 0 atom stereocenters. The third-order valence-corrected chi connectivity index (χ3v) is 3.00. The fourth-order valence-corrected chi connectivity index (χ4v) is 1.84. The molecule has 0 unspecified atom stereocenters. The zero-order valence-electron chi connectivity index (χ0n) is 11.5. The Hall–Kier alpha value is -2.40. The highest BCUT2D eigenvalue weighted by Gasteiger charge is 2.11. The molecule has 5 heteroatoms. The summed E-state index contributed by atoms with van der Waals surface area (Å²) in [4.78, 5) is 11.3. The van der Waals surface area contributed by atoms with Gasteiger partial charge in [-0.1, -0.05) is 24.3 Å². The standard InChI is InChI=1S/C16H15FO4/c1-20-16(19)11-6-7-13(14(17)8-11)10-21-15-5-3-2-4-12(15)9-18/h2-8,18H,9-10H2,1H3. The van der Waals surface area contributed by atoms with Crippen molar-refractivity contribution in [2.24, 2.45) is 0 Å². The molecule has 0 aliphatic heterocycles. The lowest BCUT2D eigenvalue weighted by molar-refractivity contribution is 0.0600. The Kier molecular flexibility index (Phi) is 4.90. The van der Waals surface area contributed by atoms with E-state index in [0.717, 1.165) is 6.07 Å². The highest BCUT2D eigenvalue weighted by Crippen LogP contribution is 2.20. The highest BCUT2D eigenvalue weighted by molar-refractivity contribution is 5.89. The van der Waals surface area contributed by atoms with Crippen LogP contribution in [0, 0.1) is 5.82 Å². The topological polar surface area (TPSA) is 55.8 Å². The molecule has 21 heavy (non-hydrogen) atoms. The van der Waals surface area contributed by atoms with Gasteiger partial charge in [-0.25, -0.2) is 9.18 Å². The number of aliphatic hydroxyl groups is 1. The Labute approximate surface area is 121 Å². The molecular formula is C16H15FO4. The number of hydrogen-bond donors (Lipinski definition) is 1. The lowest BCUT2D eigenvalue weighted by Gasteiger charge is -2.11. The maximum absolute atomic E-state index is 13.9. The average Bonchev–Trinajstić information content (AvgIpc) is 2.53. The van der Waals surface area contributed by atoms with E-state index in [2.05, 4.69) is 4.74 Å². The van der Waals surface area contributed by atoms with Crippen LogP contribution in [0.5, 0.6) is 5.75 Å². The Morgan fingerprint density at radius 3 is 2.62 bits per heavy atom. The Bertz CT molecular complexity index is 640. The van der Waals surface area contributed by atoms with Crippen LogP contribution in [0.2, 0.25) is 0 Å². The number of para-hydroxylation sites is 1. The second-order valence-corrected chi connectivity index (χ2v) is 4.35. The number of esters is 1. The van der Waals surface area contributed by atoms with Gasteiger partial charge in [-0.3, -0.25) is 0 Å². The smallest absolute Gasteiger partial charge is 0.337 e. The van der Waals surface area contributed by atoms with Crippen molar-refractivity contribution in [2.75, 3.05) is 7.11 Å². The van der Waals surface area contributed by atoms with Gasteiger partial charge < -0.3 is 14.6 Å². The quantitative estimate of drug-likeness (QED) is 0.860. The molecular weight excluding hydrogens is 275 g/mol. The van der Waals surface area contributed by atoms with Gasteiger partial charge in [0.25, 0.3) is 0 Å². The predicted octanol–water partition coefficient (Wildman–Crippen LogP) is 2.68. The SMILES string of the molecule is COC(=O)c1ccc(COc2ccccc2CO)c(F)c1. The third kappa shape index (κ3) is 3.58. The normalized spacial score (nSPS) is 10.2. The molecule has 1 N–H and O–H groups in total. The Morgan fingerprint density at radius 2 is 1.95 bits per heavy atom. The molecule has 2 rings (SSSR count). The molecule has 0 saturated carbocycles. The Morgan fingerprint density at radius 1 is 1.19 bits per heavy atom. The largest absolute Gasteiger partial charge is 0.488 e. The Balaban J connectivity index is 2.12. The summed E-state index contributed by atoms with van der Waals surface area (Å²) in [7, 11) is 1.24. The number of ether oxygens (including phenoxy) is 2. The molecule has 110 valence electrons. The fourth-order valence-electron chi connectivity index (χ4n) is 1.84. The van der Waals surface area contributed by atoms with E-state index >= 15 is 0 Å². The van der Waals surface area contributed by atoms with E-state index in [0.29, 0.717) is 16.9 Å². The number of benzene rings is 2. The van der Waals surface area contributed by atoms with Gasteiger partial charge in [0, 0.05) is 11.1 Å². The van der Waals surface area contributed by atoms with Crippen molar-refractivity contribution >= 4 is 5.97 Å². The van der Waals surface area contributed by atoms with Crippen molar-refractivity contribution in [2.45, 2.75) is 13.2 Å². The van der Waals surface area contributed by atoms with E-state index in [9.17, 15) is 14.3 Å². The number of halogens is 1. The van der Waals surface area contributed by atoms with Crippen LogP contribution in [0.4, 0.5) is 4.39 Å². The van der Waals surface area contributed by atoms with Crippen LogP contribution >= 0.6 is 0 Å². The van der Waals surface area contributed by atoms with Crippen molar-refractivity contribution in [3.8, 4) is 5.75 Å². The number of aliphatic hydroxyl groups excluding tert-OH is 1. The second kappa shape index (κ2) is 6.85. The summed E-state index contributed by atoms with van der Waals surface area (Å²) < 4.78 is 23.9. The van der Waals surface area contributed by atoms with E-state index in [4.69, 9.17) is 4.74 Å². The summed E-state index contributed by atoms with van der Waals surface area (Å²) in [5, 5.41) is 9.19. The molecule has 0 aliphatic rings. The van der Waals surface area contributed by atoms with E-state index < -0.39 is 11.8 Å². The van der Waals surface area contributed by atoms with Crippen LogP contribution in [-0.4, -0.2) is 18.2 Å². The lowest BCUT2D eigenvalue weighted by Crippen LogP contribution is -2.05. The lowest BCUT2D eigenvalue weighted by atomic mass is 10.1. The first-order chi connectivity index (χ1) is 10.2. The van der Waals surface area contributed by atoms with Gasteiger partial charge in [0.1, 0.15) is 18.2 Å². The molecule has 0 heterocycles. The molecule has 4 nitrogen and oxygen atoms in total. The number of carbonyl (C=O) groups excluding carboxylic acids is 1. The summed E-state index contributed by atoms with van der Waals surface area (Å²) in [6.07, 6.45) is 0. The van der Waals surface area contributed by atoms with Crippen LogP contribution in [0.3, 0.4) is 0 Å². The summed E-state index contributed by atoms with van der Waals surface area (Å²) >= 11 is 0. The number of hydrogen-bond acceptors (Lipinski definition) is 4. The first-order valence-electron chi connectivity index (χ1n) is 6.34. The fraction of sp³-hybridized carbons (Fsp3) is 0.188. The van der Waals surface area contributed by atoms with E-state index in [1.807, 2.05) is 0 Å². The van der Waals surface area contributed by atoms with Crippen LogP contribution in [-0.2, 0) is 18.0 Å². The molecule has 0 fully saturated rings. The van der Waals surface area contributed by atoms with Crippen LogP contribution in [0.25, 0.3) is 0 Å². The maximum Gasteiger partial charge on any atom is 0.337 e. The van der Waals surface area contributed by atoms with Crippen molar-refractivity contribution in [3.63, 3.8) is 0 Å². The van der Waals surface area contributed by atoms with Gasteiger partial charge >= 0.3 is 5.97 Å². The van der Waals surface area contributed by atoms with Gasteiger partial charge in [0.15, 0.2) is 0 Å². The minimum Gasteiger partial charge on any atom is -0.488 e. The zero-order chi connectivity index (χ0) is 15.2. The molecule has 0 aromatic heterocycles. The molecule has 0 bridgehead atoms. The van der Waals surface area contributed by atoms with Crippen molar-refractivity contribution in [3.05, 3.63) is 65.0 Å². The maximum atomic E-state index is 13.9. The van der Waals surface area contributed by atoms with Crippen molar-refractivity contribution in [1.82, 2.24) is 0 Å². The number of rotatable bonds is 5. The van der Waals surface area contributed by atoms with E-state index in [1.54, 1.807) is 24.3 Å². The van der Waals surface area contributed by atoms with Gasteiger partial charge in [0.05, 0.1) is 19.3 Å². The zero-order valence-corrected chi connectivity index (χ0v) is 11.5. The predicted molar refractivity (Wildman–Crippen MR) is 74.4 cm³/mol. The van der Waals surface area contributed by atoms with Gasteiger partial charge in [-0.15, -0.1) is 0 Å². The van der Waals surface area contributed by atoms with Gasteiger partial charge in [-0.2, -0.15) is 0 Å². The number of carbonyl (C=O) groups is 1. The molecule has 2 aromatic carbocycles. The molecule has 0 aliphatic carbocycles. The minimum absolute atomic E-state index is 0.00427. The summed E-state index contributed by atoms with van der Waals surface area (Å²) in [5.74, 6) is -0.636. The second-order valence-electron chi connectivity index (χ2n) is 4.35. The third-order valence-electron chi connectivity index (χ3n) is 3.00. The summed E-state index contributed by atoms with van der Waals surface area (Å²) in [6.45, 7) is -0.149. The number of methoxy groups -OCH3 is 1. The molecule has 2 aromatic rings. The molecule has 0 spiro atoms. The monoisotopic (exact) mass is 290 g/mol. The summed E-state index contributed by atoms with van der Waals surface area (Å²) in [5.41, 5.74) is 1.09. The van der Waals surface area contributed by atoms with E-state index in [1.165, 1.54) is 19.2 Å². The van der Waals surface area contributed by atoms with Crippen LogP contribution < -0.4 is 4.74 Å².